The molecule has 2 aliphatic heterocycles. The molecule has 2 unspecified atom stereocenters. The monoisotopic (exact) mass is 290 g/mol. The SMILES string of the molecule is Cc1cc(N2C3CCC2CC(O)C3)c(/C(N)=N/O)c(C)n1. The summed E-state index contributed by atoms with van der Waals surface area (Å²) in [7, 11) is 0. The fraction of sp³-hybridized carbons (Fsp3) is 0.600. The summed E-state index contributed by atoms with van der Waals surface area (Å²) in [6.07, 6.45) is 3.52. The molecule has 0 aromatic carbocycles. The van der Waals surface area contributed by atoms with Crippen LogP contribution in [0.25, 0.3) is 0 Å². The van der Waals surface area contributed by atoms with Crippen LogP contribution in [0.2, 0.25) is 0 Å². The van der Waals surface area contributed by atoms with E-state index in [0.29, 0.717) is 17.6 Å². The second kappa shape index (κ2) is 5.18. The fourth-order valence-corrected chi connectivity index (χ4v) is 3.92. The van der Waals surface area contributed by atoms with Gasteiger partial charge in [0.2, 0.25) is 0 Å². The highest BCUT2D eigenvalue weighted by Crippen LogP contribution is 2.41. The van der Waals surface area contributed by atoms with Gasteiger partial charge >= 0.3 is 0 Å². The standard InChI is InChI=1S/C15H22N4O2/c1-8-5-13(14(9(2)17-8)15(16)18-21)19-10-3-4-11(19)7-12(20)6-10/h5,10-12,20-21H,3-4,6-7H2,1-2H3,(H2,16,18). The number of pyridine rings is 1. The van der Waals surface area contributed by atoms with Crippen LogP contribution < -0.4 is 10.6 Å². The van der Waals surface area contributed by atoms with Crippen LogP contribution in [-0.4, -0.2) is 39.3 Å². The Balaban J connectivity index is 2.10. The molecule has 1 aromatic heterocycles. The maximum absolute atomic E-state index is 9.96. The van der Waals surface area contributed by atoms with Crippen molar-refractivity contribution < 1.29 is 10.3 Å². The van der Waals surface area contributed by atoms with Crippen molar-refractivity contribution in [3.8, 4) is 0 Å². The number of anilines is 1. The number of rotatable bonds is 2. The molecule has 114 valence electrons. The molecule has 0 spiro atoms. The molecular formula is C15H22N4O2. The zero-order chi connectivity index (χ0) is 15.1. The lowest BCUT2D eigenvalue weighted by Gasteiger charge is -2.40. The van der Waals surface area contributed by atoms with E-state index in [-0.39, 0.29) is 11.9 Å². The first-order valence-electron chi connectivity index (χ1n) is 7.43. The van der Waals surface area contributed by atoms with Gasteiger partial charge in [0.05, 0.1) is 23.0 Å². The predicted molar refractivity (Wildman–Crippen MR) is 80.8 cm³/mol. The van der Waals surface area contributed by atoms with Gasteiger partial charge in [0.25, 0.3) is 0 Å². The van der Waals surface area contributed by atoms with Gasteiger partial charge in [-0.25, -0.2) is 0 Å². The zero-order valence-corrected chi connectivity index (χ0v) is 12.5. The summed E-state index contributed by atoms with van der Waals surface area (Å²) in [5.74, 6) is 0.0977. The highest BCUT2D eigenvalue weighted by Gasteiger charge is 2.41. The highest BCUT2D eigenvalue weighted by molar-refractivity contribution is 6.03. The van der Waals surface area contributed by atoms with Gasteiger partial charge in [0.1, 0.15) is 0 Å². The van der Waals surface area contributed by atoms with E-state index in [1.807, 2.05) is 19.9 Å². The summed E-state index contributed by atoms with van der Waals surface area (Å²) in [6, 6.07) is 2.65. The van der Waals surface area contributed by atoms with Gasteiger partial charge in [0.15, 0.2) is 5.84 Å². The molecule has 0 saturated carbocycles. The summed E-state index contributed by atoms with van der Waals surface area (Å²) in [5, 5.41) is 22.2. The van der Waals surface area contributed by atoms with Gasteiger partial charge in [-0.1, -0.05) is 5.16 Å². The Morgan fingerprint density at radius 3 is 2.52 bits per heavy atom. The molecule has 2 aliphatic rings. The average molecular weight is 290 g/mol. The Morgan fingerprint density at radius 2 is 1.95 bits per heavy atom. The molecule has 21 heavy (non-hydrogen) atoms. The number of aryl methyl sites for hydroxylation is 2. The number of aromatic nitrogens is 1. The van der Waals surface area contributed by atoms with Gasteiger partial charge in [-0.2, -0.15) is 0 Å². The summed E-state index contributed by atoms with van der Waals surface area (Å²) < 4.78 is 0. The third-order valence-electron chi connectivity index (χ3n) is 4.66. The van der Waals surface area contributed by atoms with Crippen LogP contribution in [0.1, 0.15) is 42.6 Å². The Labute approximate surface area is 124 Å². The van der Waals surface area contributed by atoms with Crippen molar-refractivity contribution in [2.45, 2.75) is 57.7 Å². The number of oxime groups is 1. The number of amidine groups is 1. The summed E-state index contributed by atoms with van der Waals surface area (Å²) in [4.78, 5) is 6.78. The molecule has 1 aromatic rings. The number of aliphatic hydroxyl groups excluding tert-OH is 1. The van der Waals surface area contributed by atoms with Crippen molar-refractivity contribution in [1.82, 2.24) is 4.98 Å². The van der Waals surface area contributed by atoms with Gasteiger partial charge in [-0.05, 0) is 45.6 Å². The smallest absolute Gasteiger partial charge is 0.174 e. The van der Waals surface area contributed by atoms with Crippen LogP contribution in [0.4, 0.5) is 5.69 Å². The quantitative estimate of drug-likeness (QED) is 0.330. The Kier molecular flexibility index (Phi) is 3.49. The molecule has 0 amide bonds. The first-order valence-corrected chi connectivity index (χ1v) is 7.43. The van der Waals surface area contributed by atoms with E-state index in [1.165, 1.54) is 0 Å². The number of hydrogen-bond donors (Lipinski definition) is 3. The fourth-order valence-electron chi connectivity index (χ4n) is 3.92. The van der Waals surface area contributed by atoms with Crippen LogP contribution in [0.15, 0.2) is 11.2 Å². The molecule has 0 radical (unpaired) electrons. The number of piperidine rings is 1. The molecule has 2 fully saturated rings. The summed E-state index contributed by atoms with van der Waals surface area (Å²) in [5.41, 5.74) is 9.25. The minimum absolute atomic E-state index is 0.0977. The summed E-state index contributed by atoms with van der Waals surface area (Å²) in [6.45, 7) is 3.83. The van der Waals surface area contributed by atoms with Crippen LogP contribution in [0.5, 0.6) is 0 Å². The molecular weight excluding hydrogens is 268 g/mol. The van der Waals surface area contributed by atoms with Gasteiger partial charge in [0, 0.05) is 17.8 Å². The Morgan fingerprint density at radius 1 is 1.33 bits per heavy atom. The number of hydrogen-bond acceptors (Lipinski definition) is 5. The van der Waals surface area contributed by atoms with E-state index in [0.717, 1.165) is 42.8 Å². The van der Waals surface area contributed by atoms with Crippen LogP contribution in [0, 0.1) is 13.8 Å². The van der Waals surface area contributed by atoms with E-state index in [2.05, 4.69) is 15.0 Å². The van der Waals surface area contributed by atoms with E-state index < -0.39 is 0 Å². The molecule has 3 heterocycles. The molecule has 2 bridgehead atoms. The molecule has 0 aliphatic carbocycles. The van der Waals surface area contributed by atoms with E-state index in [1.54, 1.807) is 0 Å². The zero-order valence-electron chi connectivity index (χ0n) is 12.5. The topological polar surface area (TPSA) is 95.0 Å². The Hall–Kier alpha value is -1.82. The minimum atomic E-state index is -0.213. The summed E-state index contributed by atoms with van der Waals surface area (Å²) >= 11 is 0. The lowest BCUT2D eigenvalue weighted by molar-refractivity contribution is 0.126. The molecule has 6 nitrogen and oxygen atoms in total. The van der Waals surface area contributed by atoms with Crippen LogP contribution in [0.3, 0.4) is 0 Å². The van der Waals surface area contributed by atoms with Gasteiger partial charge in [-0.3, -0.25) is 4.98 Å². The third kappa shape index (κ3) is 2.33. The lowest BCUT2D eigenvalue weighted by atomic mass is 9.97. The van der Waals surface area contributed by atoms with Gasteiger partial charge in [-0.15, -0.1) is 0 Å². The largest absolute Gasteiger partial charge is 0.409 e. The molecule has 6 heteroatoms. The van der Waals surface area contributed by atoms with Crippen molar-refractivity contribution in [3.05, 3.63) is 23.0 Å². The van der Waals surface area contributed by atoms with Crippen molar-refractivity contribution in [3.63, 3.8) is 0 Å². The number of aliphatic hydroxyl groups is 1. The van der Waals surface area contributed by atoms with Crippen molar-refractivity contribution in [2.24, 2.45) is 10.9 Å². The van der Waals surface area contributed by atoms with E-state index in [9.17, 15) is 5.11 Å². The molecule has 4 N–H and O–H groups in total. The third-order valence-corrected chi connectivity index (χ3v) is 4.66. The predicted octanol–water partition coefficient (Wildman–Crippen LogP) is 1.29. The maximum Gasteiger partial charge on any atom is 0.174 e. The maximum atomic E-state index is 9.96. The Bertz CT molecular complexity index is 573. The molecule has 2 atom stereocenters. The number of nitrogens with two attached hydrogens (primary N) is 1. The van der Waals surface area contributed by atoms with Crippen molar-refractivity contribution in [2.75, 3.05) is 4.90 Å². The van der Waals surface area contributed by atoms with Crippen molar-refractivity contribution >= 4 is 11.5 Å². The van der Waals surface area contributed by atoms with E-state index >= 15 is 0 Å². The second-order valence-corrected chi connectivity index (χ2v) is 6.15. The number of nitrogens with zero attached hydrogens (tertiary/aromatic N) is 3. The first-order chi connectivity index (χ1) is 10.0. The number of fused-ring (bicyclic) bond motifs is 2. The van der Waals surface area contributed by atoms with E-state index in [4.69, 9.17) is 10.9 Å². The second-order valence-electron chi connectivity index (χ2n) is 6.15. The van der Waals surface area contributed by atoms with Crippen molar-refractivity contribution in [1.29, 1.82) is 0 Å². The minimum Gasteiger partial charge on any atom is -0.409 e. The average Bonchev–Trinajstić information content (AvgIpc) is 2.69. The van der Waals surface area contributed by atoms with Gasteiger partial charge < -0.3 is 20.9 Å². The molecule has 3 rings (SSSR count). The molecule has 2 saturated heterocycles. The lowest BCUT2D eigenvalue weighted by Crippen LogP contribution is -2.45. The van der Waals surface area contributed by atoms with Crippen LogP contribution in [-0.2, 0) is 0 Å². The highest BCUT2D eigenvalue weighted by atomic mass is 16.4. The van der Waals surface area contributed by atoms with Crippen LogP contribution >= 0.6 is 0 Å². The first kappa shape index (κ1) is 14.1. The normalized spacial score (nSPS) is 29.0.